The van der Waals surface area contributed by atoms with Crippen molar-refractivity contribution < 1.29 is 9.13 Å². The maximum atomic E-state index is 14.4. The van der Waals surface area contributed by atoms with Gasteiger partial charge >= 0.3 is 0 Å². The Hall–Kier alpha value is -4.25. The van der Waals surface area contributed by atoms with E-state index in [0.717, 1.165) is 22.5 Å². The lowest BCUT2D eigenvalue weighted by Gasteiger charge is -2.30. The van der Waals surface area contributed by atoms with E-state index >= 15 is 0 Å². The van der Waals surface area contributed by atoms with Crippen LogP contribution in [0.4, 0.5) is 10.2 Å². The molecule has 0 saturated carbocycles. The molecule has 33 heavy (non-hydrogen) atoms. The number of imidazole rings is 1. The average Bonchev–Trinajstić information content (AvgIpc) is 3.18. The molecule has 0 spiro atoms. The largest absolute Gasteiger partial charge is 0.479 e. The number of nitrogen functional groups attached to an aromatic ring is 1. The van der Waals surface area contributed by atoms with Crippen LogP contribution >= 0.6 is 0 Å². The van der Waals surface area contributed by atoms with E-state index in [1.165, 1.54) is 12.1 Å². The van der Waals surface area contributed by atoms with Crippen LogP contribution in [-0.4, -0.2) is 19.5 Å². The molecule has 4 aromatic rings. The number of aryl methyl sites for hydroxylation is 1. The zero-order valence-electron chi connectivity index (χ0n) is 18.4. The Morgan fingerprint density at radius 2 is 2.00 bits per heavy atom. The van der Waals surface area contributed by atoms with E-state index in [0.29, 0.717) is 29.1 Å². The van der Waals surface area contributed by atoms with Crippen molar-refractivity contribution in [3.8, 4) is 34.3 Å². The summed E-state index contributed by atoms with van der Waals surface area (Å²) in [6.07, 6.45) is 3.22. The third kappa shape index (κ3) is 3.48. The van der Waals surface area contributed by atoms with Crippen molar-refractivity contribution in [3.05, 3.63) is 77.3 Å². The monoisotopic (exact) mass is 440 g/mol. The molecular formula is C25H21FN6O. The van der Waals surface area contributed by atoms with Crippen LogP contribution in [0.3, 0.4) is 0 Å². The van der Waals surface area contributed by atoms with E-state index in [9.17, 15) is 9.65 Å². The third-order valence-corrected chi connectivity index (χ3v) is 5.81. The topological polar surface area (TPSA) is 103 Å². The molecule has 0 saturated heterocycles. The molecule has 2 bridgehead atoms. The van der Waals surface area contributed by atoms with Gasteiger partial charge in [-0.05, 0) is 56.7 Å². The van der Waals surface area contributed by atoms with Crippen LogP contribution in [-0.2, 0) is 12.1 Å². The minimum absolute atomic E-state index is 0.195. The van der Waals surface area contributed by atoms with E-state index in [2.05, 4.69) is 16.0 Å². The molecule has 0 amide bonds. The minimum atomic E-state index is -0.966. The van der Waals surface area contributed by atoms with Crippen molar-refractivity contribution >= 4 is 5.82 Å². The Morgan fingerprint density at radius 1 is 1.18 bits per heavy atom. The lowest BCUT2D eigenvalue weighted by Crippen LogP contribution is -2.27. The summed E-state index contributed by atoms with van der Waals surface area (Å²) in [7, 11) is 0. The highest BCUT2D eigenvalue weighted by Gasteiger charge is 2.30. The molecule has 0 unspecified atom stereocenters. The summed E-state index contributed by atoms with van der Waals surface area (Å²) in [5.74, 6) is 0.158. The molecule has 0 aliphatic carbocycles. The number of nitrogens with two attached hydrogens (primary N) is 1. The molecule has 4 heterocycles. The van der Waals surface area contributed by atoms with Crippen LogP contribution < -0.4 is 10.5 Å². The van der Waals surface area contributed by atoms with Gasteiger partial charge in [0.2, 0.25) is 0 Å². The summed E-state index contributed by atoms with van der Waals surface area (Å²) in [5.41, 5.74) is 10.5. The Kier molecular flexibility index (Phi) is 4.64. The molecule has 1 aliphatic heterocycles. The van der Waals surface area contributed by atoms with Crippen molar-refractivity contribution in [3.63, 3.8) is 0 Å². The van der Waals surface area contributed by atoms with Gasteiger partial charge in [0.25, 0.3) is 0 Å². The van der Waals surface area contributed by atoms with Gasteiger partial charge in [-0.15, -0.1) is 0 Å². The second-order valence-corrected chi connectivity index (χ2v) is 8.55. The molecule has 0 atom stereocenters. The number of nitrogens with zero attached hydrogens (tertiary/aromatic N) is 5. The van der Waals surface area contributed by atoms with Gasteiger partial charge in [0, 0.05) is 28.6 Å². The van der Waals surface area contributed by atoms with Crippen molar-refractivity contribution in [1.29, 1.82) is 5.26 Å². The van der Waals surface area contributed by atoms with E-state index in [1.807, 2.05) is 37.5 Å². The first-order chi connectivity index (χ1) is 15.8. The number of halogens is 1. The number of rotatable bonds is 0. The predicted molar refractivity (Wildman–Crippen MR) is 122 cm³/mol. The molecule has 5 rings (SSSR count). The van der Waals surface area contributed by atoms with E-state index in [4.69, 9.17) is 15.5 Å². The Balaban J connectivity index is 1.87. The molecular weight excluding hydrogens is 419 g/mol. The molecule has 1 aromatic carbocycles. The standard InChI is InChI=1S/C25H21FN6O/c1-14-4-5-15-12-32-13-30-20(10-27)23(32)16-8-21(24(28)29-11-16)33-25(2,3)19-9-17(26)6-7-18(19)22(15)31-14/h4-9,11,13H,12H2,1-3H3,(H2,28,29). The van der Waals surface area contributed by atoms with Crippen molar-refractivity contribution in [1.82, 2.24) is 19.5 Å². The van der Waals surface area contributed by atoms with E-state index < -0.39 is 5.60 Å². The molecule has 3 aromatic heterocycles. The maximum absolute atomic E-state index is 14.4. The molecule has 164 valence electrons. The van der Waals surface area contributed by atoms with Gasteiger partial charge in [0.15, 0.2) is 17.3 Å². The molecule has 0 radical (unpaired) electrons. The third-order valence-electron chi connectivity index (χ3n) is 5.81. The van der Waals surface area contributed by atoms with Crippen molar-refractivity contribution in [2.75, 3.05) is 5.73 Å². The Bertz CT molecular complexity index is 1450. The number of aromatic nitrogens is 4. The first-order valence-electron chi connectivity index (χ1n) is 10.4. The molecule has 0 fully saturated rings. The maximum Gasteiger partial charge on any atom is 0.166 e. The first kappa shape index (κ1) is 20.6. The van der Waals surface area contributed by atoms with Gasteiger partial charge in [-0.3, -0.25) is 4.98 Å². The van der Waals surface area contributed by atoms with Crippen molar-refractivity contribution in [2.24, 2.45) is 0 Å². The zero-order chi connectivity index (χ0) is 23.3. The van der Waals surface area contributed by atoms with Crippen LogP contribution in [0.5, 0.6) is 5.75 Å². The Labute approximate surface area is 190 Å². The highest BCUT2D eigenvalue weighted by Crippen LogP contribution is 2.40. The summed E-state index contributed by atoms with van der Waals surface area (Å²) in [6.45, 7) is 6.02. The normalized spacial score (nSPS) is 13.9. The van der Waals surface area contributed by atoms with E-state index in [1.54, 1.807) is 24.7 Å². The number of pyridine rings is 2. The van der Waals surface area contributed by atoms with Crippen LogP contribution in [0, 0.1) is 24.1 Å². The number of fused-ring (bicyclic) bond motifs is 7. The second kappa shape index (κ2) is 7.41. The van der Waals surface area contributed by atoms with Gasteiger partial charge < -0.3 is 15.0 Å². The van der Waals surface area contributed by atoms with Crippen LogP contribution in [0.15, 0.2) is 48.9 Å². The predicted octanol–water partition coefficient (Wildman–Crippen LogP) is 4.58. The number of hydrogen-bond donors (Lipinski definition) is 1. The Morgan fingerprint density at radius 3 is 2.79 bits per heavy atom. The zero-order valence-corrected chi connectivity index (χ0v) is 18.4. The first-order valence-corrected chi connectivity index (χ1v) is 10.4. The number of nitriles is 1. The van der Waals surface area contributed by atoms with Gasteiger partial charge in [-0.1, -0.05) is 6.07 Å². The van der Waals surface area contributed by atoms with Crippen LogP contribution in [0.1, 0.15) is 36.4 Å². The van der Waals surface area contributed by atoms with Gasteiger partial charge in [-0.25, -0.2) is 14.4 Å². The molecule has 1 aliphatic rings. The quantitative estimate of drug-likeness (QED) is 0.429. The van der Waals surface area contributed by atoms with Gasteiger partial charge in [0.1, 0.15) is 17.5 Å². The second-order valence-electron chi connectivity index (χ2n) is 8.55. The molecule has 8 heteroatoms. The summed E-state index contributed by atoms with van der Waals surface area (Å²) in [5, 5.41) is 9.68. The molecule has 7 nitrogen and oxygen atoms in total. The SMILES string of the molecule is Cc1ccc2c(n1)-c1ccc(F)cc1C(C)(C)Oc1cc(cnc1N)-c1c(C#N)ncn1C2. The fourth-order valence-electron chi connectivity index (χ4n) is 4.23. The minimum Gasteiger partial charge on any atom is -0.479 e. The van der Waals surface area contributed by atoms with Gasteiger partial charge in [0.05, 0.1) is 24.3 Å². The average molecular weight is 440 g/mol. The number of ether oxygens (including phenoxy) is 1. The lowest BCUT2D eigenvalue weighted by molar-refractivity contribution is 0.109. The summed E-state index contributed by atoms with van der Waals surface area (Å²) >= 11 is 0. The summed E-state index contributed by atoms with van der Waals surface area (Å²) in [6, 6.07) is 12.4. The van der Waals surface area contributed by atoms with Crippen LogP contribution in [0.25, 0.3) is 22.5 Å². The summed E-state index contributed by atoms with van der Waals surface area (Å²) < 4.78 is 22.7. The smallest absolute Gasteiger partial charge is 0.166 e. The number of benzene rings is 1. The van der Waals surface area contributed by atoms with Crippen LogP contribution in [0.2, 0.25) is 0 Å². The number of anilines is 1. The number of hydrogen-bond acceptors (Lipinski definition) is 6. The fourth-order valence-corrected chi connectivity index (χ4v) is 4.23. The highest BCUT2D eigenvalue weighted by atomic mass is 19.1. The lowest BCUT2D eigenvalue weighted by atomic mass is 9.89. The molecule has 2 N–H and O–H groups in total. The van der Waals surface area contributed by atoms with Gasteiger partial charge in [-0.2, -0.15) is 5.26 Å². The van der Waals surface area contributed by atoms with E-state index in [-0.39, 0.29) is 17.3 Å². The fraction of sp³-hybridized carbons (Fsp3) is 0.200. The summed E-state index contributed by atoms with van der Waals surface area (Å²) in [4.78, 5) is 13.4. The highest BCUT2D eigenvalue weighted by molar-refractivity contribution is 5.72. The van der Waals surface area contributed by atoms with Crippen molar-refractivity contribution in [2.45, 2.75) is 32.9 Å².